The van der Waals surface area contributed by atoms with Crippen LogP contribution >= 0.6 is 11.3 Å². The largest absolute Gasteiger partial charge is 0.382 e. The second-order valence-corrected chi connectivity index (χ2v) is 4.68. The number of carbonyl (C=O) groups is 1. The van der Waals surface area contributed by atoms with Gasteiger partial charge in [-0.05, 0) is 6.92 Å². The Labute approximate surface area is 106 Å². The van der Waals surface area contributed by atoms with Gasteiger partial charge in [0.05, 0.1) is 0 Å². The molecule has 1 aromatic rings. The number of nitrogen functional groups attached to an aromatic ring is 1. The summed E-state index contributed by atoms with van der Waals surface area (Å²) in [5.74, 6) is 0.182. The molecule has 0 aliphatic heterocycles. The molecule has 1 amide bonds. The molecular weight excluding hydrogens is 236 g/mol. The van der Waals surface area contributed by atoms with Gasteiger partial charge >= 0.3 is 0 Å². The minimum absolute atomic E-state index is 0.115. The van der Waals surface area contributed by atoms with Crippen molar-refractivity contribution in [1.29, 1.82) is 0 Å². The van der Waals surface area contributed by atoms with E-state index >= 15 is 0 Å². The highest BCUT2D eigenvalue weighted by molar-refractivity contribution is 7.18. The minimum Gasteiger partial charge on any atom is -0.382 e. The van der Waals surface area contributed by atoms with Gasteiger partial charge in [-0.2, -0.15) is 0 Å². The number of nitrogens with zero attached hydrogens (tertiary/aromatic N) is 3. The van der Waals surface area contributed by atoms with Crippen molar-refractivity contribution < 1.29 is 4.79 Å². The summed E-state index contributed by atoms with van der Waals surface area (Å²) in [6, 6.07) is 0. The topological polar surface area (TPSA) is 62.5 Å². The van der Waals surface area contributed by atoms with Gasteiger partial charge in [0.15, 0.2) is 5.13 Å². The van der Waals surface area contributed by atoms with Crippen LogP contribution in [0.5, 0.6) is 0 Å². The molecule has 94 valence electrons. The Balaban J connectivity index is 2.94. The lowest BCUT2D eigenvalue weighted by Crippen LogP contribution is -2.26. The van der Waals surface area contributed by atoms with Gasteiger partial charge in [-0.1, -0.05) is 17.4 Å². The molecular formula is C11H18N4OS. The molecule has 1 aromatic heterocycles. The molecule has 0 bridgehead atoms. The van der Waals surface area contributed by atoms with Crippen LogP contribution in [0.2, 0.25) is 0 Å². The monoisotopic (exact) mass is 254 g/mol. The van der Waals surface area contributed by atoms with Crippen LogP contribution in [0, 0.1) is 0 Å². The molecule has 1 heterocycles. The SMILES string of the molecule is C=CCN(C)C(=O)c1sc(N(C)CC)nc1N. The van der Waals surface area contributed by atoms with Crippen LogP contribution in [-0.4, -0.2) is 43.0 Å². The van der Waals surface area contributed by atoms with Gasteiger partial charge in [-0.3, -0.25) is 4.79 Å². The van der Waals surface area contributed by atoms with Crippen molar-refractivity contribution in [3.8, 4) is 0 Å². The quantitative estimate of drug-likeness (QED) is 0.808. The molecule has 0 saturated heterocycles. The van der Waals surface area contributed by atoms with Crippen LogP contribution in [0.25, 0.3) is 0 Å². The number of carbonyl (C=O) groups excluding carboxylic acids is 1. The molecule has 0 saturated carbocycles. The molecule has 0 aromatic carbocycles. The number of thiazole rings is 1. The highest BCUT2D eigenvalue weighted by Crippen LogP contribution is 2.28. The number of likely N-dealkylation sites (N-methyl/N-ethyl adjacent to an activating group) is 1. The third-order valence-corrected chi connectivity index (χ3v) is 3.56. The van der Waals surface area contributed by atoms with E-state index in [0.29, 0.717) is 17.2 Å². The fraction of sp³-hybridized carbons (Fsp3) is 0.455. The standard InChI is InChI=1S/C11H18N4OS/c1-5-7-15(4)10(16)8-9(12)13-11(17-8)14(3)6-2/h5H,1,6-7,12H2,2-4H3. The molecule has 0 unspecified atom stereocenters. The average Bonchev–Trinajstić information content (AvgIpc) is 2.69. The maximum atomic E-state index is 12.0. The molecule has 2 N–H and O–H groups in total. The van der Waals surface area contributed by atoms with Gasteiger partial charge in [-0.25, -0.2) is 4.98 Å². The first kappa shape index (κ1) is 13.5. The zero-order chi connectivity index (χ0) is 13.0. The second-order valence-electron chi connectivity index (χ2n) is 3.70. The average molecular weight is 254 g/mol. The summed E-state index contributed by atoms with van der Waals surface area (Å²) in [4.78, 5) is 20.2. The van der Waals surface area contributed by atoms with Crippen LogP contribution in [0.3, 0.4) is 0 Å². The van der Waals surface area contributed by atoms with Gasteiger partial charge in [0.2, 0.25) is 0 Å². The summed E-state index contributed by atoms with van der Waals surface area (Å²) in [6.45, 7) is 6.93. The summed E-state index contributed by atoms with van der Waals surface area (Å²) in [7, 11) is 3.63. The van der Waals surface area contributed by atoms with E-state index in [9.17, 15) is 4.79 Å². The zero-order valence-corrected chi connectivity index (χ0v) is 11.3. The minimum atomic E-state index is -0.115. The molecule has 0 fully saturated rings. The number of aromatic nitrogens is 1. The first-order chi connectivity index (χ1) is 8.01. The van der Waals surface area contributed by atoms with E-state index in [1.54, 1.807) is 18.0 Å². The van der Waals surface area contributed by atoms with Crippen molar-refractivity contribution in [3.63, 3.8) is 0 Å². The van der Waals surface area contributed by atoms with Crippen molar-refractivity contribution in [2.45, 2.75) is 6.92 Å². The molecule has 5 nitrogen and oxygen atoms in total. The summed E-state index contributed by atoms with van der Waals surface area (Å²) >= 11 is 1.32. The van der Waals surface area contributed by atoms with E-state index in [1.807, 2.05) is 18.9 Å². The van der Waals surface area contributed by atoms with Gasteiger partial charge in [-0.15, -0.1) is 6.58 Å². The number of hydrogen-bond donors (Lipinski definition) is 1. The Kier molecular flexibility index (Phi) is 4.51. The lowest BCUT2D eigenvalue weighted by Gasteiger charge is -2.13. The van der Waals surface area contributed by atoms with E-state index in [2.05, 4.69) is 11.6 Å². The summed E-state index contributed by atoms with van der Waals surface area (Å²) in [5.41, 5.74) is 5.77. The molecule has 0 spiro atoms. The fourth-order valence-corrected chi connectivity index (χ4v) is 2.23. The van der Waals surface area contributed by atoms with E-state index in [0.717, 1.165) is 11.7 Å². The lowest BCUT2D eigenvalue weighted by atomic mass is 10.4. The van der Waals surface area contributed by atoms with Crippen LogP contribution in [0.1, 0.15) is 16.6 Å². The number of nitrogens with two attached hydrogens (primary N) is 1. The number of anilines is 2. The van der Waals surface area contributed by atoms with Crippen molar-refractivity contribution in [2.24, 2.45) is 0 Å². The molecule has 0 radical (unpaired) electrons. The van der Waals surface area contributed by atoms with E-state index in [-0.39, 0.29) is 5.91 Å². The highest BCUT2D eigenvalue weighted by atomic mass is 32.1. The van der Waals surface area contributed by atoms with Crippen LogP contribution in [0.15, 0.2) is 12.7 Å². The first-order valence-electron chi connectivity index (χ1n) is 5.35. The lowest BCUT2D eigenvalue weighted by molar-refractivity contribution is 0.0815. The molecule has 0 aliphatic rings. The summed E-state index contributed by atoms with van der Waals surface area (Å²) < 4.78 is 0. The number of amides is 1. The number of rotatable bonds is 5. The Morgan fingerprint density at radius 1 is 1.59 bits per heavy atom. The van der Waals surface area contributed by atoms with E-state index in [4.69, 9.17) is 5.73 Å². The third-order valence-electron chi connectivity index (χ3n) is 2.39. The zero-order valence-electron chi connectivity index (χ0n) is 10.4. The Morgan fingerprint density at radius 2 is 2.24 bits per heavy atom. The summed E-state index contributed by atoms with van der Waals surface area (Å²) in [5, 5.41) is 0.764. The highest BCUT2D eigenvalue weighted by Gasteiger charge is 2.20. The van der Waals surface area contributed by atoms with E-state index < -0.39 is 0 Å². The van der Waals surface area contributed by atoms with Gasteiger partial charge in [0, 0.05) is 27.2 Å². The molecule has 1 rings (SSSR count). The van der Waals surface area contributed by atoms with Gasteiger partial charge in [0.25, 0.3) is 5.91 Å². The van der Waals surface area contributed by atoms with Crippen LogP contribution in [-0.2, 0) is 0 Å². The maximum absolute atomic E-state index is 12.0. The third kappa shape index (κ3) is 2.97. The van der Waals surface area contributed by atoms with Crippen molar-refractivity contribution in [3.05, 3.63) is 17.5 Å². The Morgan fingerprint density at radius 3 is 2.76 bits per heavy atom. The maximum Gasteiger partial charge on any atom is 0.267 e. The van der Waals surface area contributed by atoms with Crippen LogP contribution < -0.4 is 10.6 Å². The predicted molar refractivity (Wildman–Crippen MR) is 72.6 cm³/mol. The van der Waals surface area contributed by atoms with Crippen molar-refractivity contribution in [2.75, 3.05) is 37.8 Å². The molecule has 6 heteroatoms. The fourth-order valence-electron chi connectivity index (χ4n) is 1.22. The number of hydrogen-bond acceptors (Lipinski definition) is 5. The predicted octanol–water partition coefficient (Wildman–Crippen LogP) is 1.44. The Bertz CT molecular complexity index is 416. The summed E-state index contributed by atoms with van der Waals surface area (Å²) in [6.07, 6.45) is 1.67. The molecule has 17 heavy (non-hydrogen) atoms. The van der Waals surface area contributed by atoms with Crippen LogP contribution in [0.4, 0.5) is 10.9 Å². The smallest absolute Gasteiger partial charge is 0.267 e. The second kappa shape index (κ2) is 5.67. The normalized spacial score (nSPS) is 10.1. The Hall–Kier alpha value is -1.56. The first-order valence-corrected chi connectivity index (χ1v) is 6.16. The van der Waals surface area contributed by atoms with Crippen molar-refractivity contribution >= 4 is 28.2 Å². The van der Waals surface area contributed by atoms with Gasteiger partial charge in [0.1, 0.15) is 10.7 Å². The molecule has 0 atom stereocenters. The van der Waals surface area contributed by atoms with Gasteiger partial charge < -0.3 is 15.5 Å². The van der Waals surface area contributed by atoms with E-state index in [1.165, 1.54) is 11.3 Å². The molecule has 0 aliphatic carbocycles. The van der Waals surface area contributed by atoms with Crippen molar-refractivity contribution in [1.82, 2.24) is 9.88 Å².